The minimum Gasteiger partial charge on any atom is -0.465 e. The second-order valence-electron chi connectivity index (χ2n) is 7.58. The number of hydrogen-bond donors (Lipinski definition) is 0. The van der Waals surface area contributed by atoms with Gasteiger partial charge in [0.2, 0.25) is 0 Å². The van der Waals surface area contributed by atoms with E-state index in [1.54, 1.807) is 0 Å². The second-order valence-corrected chi connectivity index (χ2v) is 7.58. The van der Waals surface area contributed by atoms with E-state index in [2.05, 4.69) is 0 Å². The molecule has 1 heterocycles. The molecule has 1 aliphatic heterocycles. The highest BCUT2D eigenvalue weighted by Crippen LogP contribution is 2.31. The SMILES string of the molecule is CCC(C)(C)C(=O)OC(C)(C)c1ccc(OC2CCCCO2)cc1. The monoisotopic (exact) mass is 334 g/mol. The number of carbonyl (C=O) groups is 1. The van der Waals surface area contributed by atoms with Crippen LogP contribution in [0.5, 0.6) is 5.75 Å². The molecule has 1 aromatic rings. The first-order valence-corrected chi connectivity index (χ1v) is 8.87. The first-order chi connectivity index (χ1) is 11.2. The average molecular weight is 334 g/mol. The Morgan fingerprint density at radius 1 is 1.17 bits per heavy atom. The third kappa shape index (κ3) is 4.73. The van der Waals surface area contributed by atoms with Gasteiger partial charge in [-0.2, -0.15) is 0 Å². The first-order valence-electron chi connectivity index (χ1n) is 8.87. The summed E-state index contributed by atoms with van der Waals surface area (Å²) in [5.41, 5.74) is -0.207. The summed E-state index contributed by atoms with van der Waals surface area (Å²) in [6, 6.07) is 7.72. The molecule has 134 valence electrons. The summed E-state index contributed by atoms with van der Waals surface area (Å²) in [5.74, 6) is 0.604. The fourth-order valence-electron chi connectivity index (χ4n) is 2.46. The van der Waals surface area contributed by atoms with E-state index in [1.165, 1.54) is 0 Å². The smallest absolute Gasteiger partial charge is 0.312 e. The number of carbonyl (C=O) groups excluding carboxylic acids is 1. The van der Waals surface area contributed by atoms with E-state index in [-0.39, 0.29) is 12.3 Å². The summed E-state index contributed by atoms with van der Waals surface area (Å²) in [5, 5.41) is 0. The molecule has 2 rings (SSSR count). The highest BCUT2D eigenvalue weighted by atomic mass is 16.7. The zero-order valence-corrected chi connectivity index (χ0v) is 15.6. The lowest BCUT2D eigenvalue weighted by molar-refractivity contribution is -0.168. The molecule has 24 heavy (non-hydrogen) atoms. The molecular formula is C20H30O4. The minimum absolute atomic E-state index is 0.152. The van der Waals surface area contributed by atoms with E-state index in [9.17, 15) is 4.79 Å². The van der Waals surface area contributed by atoms with Gasteiger partial charge in [0.05, 0.1) is 12.0 Å². The molecule has 1 fully saturated rings. The lowest BCUT2D eigenvalue weighted by atomic mass is 9.89. The Labute approximate surface area is 145 Å². The first kappa shape index (κ1) is 18.8. The summed E-state index contributed by atoms with van der Waals surface area (Å²) in [4.78, 5) is 12.4. The quantitative estimate of drug-likeness (QED) is 0.701. The predicted octanol–water partition coefficient (Wildman–Crippen LogP) is 4.81. The maximum atomic E-state index is 12.4. The van der Waals surface area contributed by atoms with Crippen LogP contribution in [-0.4, -0.2) is 18.9 Å². The highest BCUT2D eigenvalue weighted by molar-refractivity contribution is 5.76. The van der Waals surface area contributed by atoms with Gasteiger partial charge >= 0.3 is 5.97 Å². The Kier molecular flexibility index (Phi) is 5.92. The summed E-state index contributed by atoms with van der Waals surface area (Å²) in [7, 11) is 0. The van der Waals surface area contributed by atoms with Crippen LogP contribution in [0.15, 0.2) is 24.3 Å². The minimum atomic E-state index is -0.677. The second kappa shape index (κ2) is 7.56. The van der Waals surface area contributed by atoms with E-state index in [1.807, 2.05) is 58.9 Å². The lowest BCUT2D eigenvalue weighted by Gasteiger charge is -2.31. The zero-order chi connectivity index (χ0) is 17.8. The Hall–Kier alpha value is -1.55. The summed E-state index contributed by atoms with van der Waals surface area (Å²) in [6.07, 6.45) is 3.76. The molecule has 0 aliphatic carbocycles. The van der Waals surface area contributed by atoms with Gasteiger partial charge in [0.1, 0.15) is 11.4 Å². The van der Waals surface area contributed by atoms with Crippen LogP contribution in [0, 0.1) is 5.41 Å². The molecule has 0 N–H and O–H groups in total. The van der Waals surface area contributed by atoms with Crippen molar-refractivity contribution in [2.24, 2.45) is 5.41 Å². The zero-order valence-electron chi connectivity index (χ0n) is 15.6. The maximum absolute atomic E-state index is 12.4. The fraction of sp³-hybridized carbons (Fsp3) is 0.650. The standard InChI is InChI=1S/C20H30O4/c1-6-19(2,3)18(21)24-20(4,5)15-10-12-16(13-11-15)23-17-9-7-8-14-22-17/h10-13,17H,6-9,14H2,1-5H3. The highest BCUT2D eigenvalue weighted by Gasteiger charge is 2.33. The molecule has 1 aromatic carbocycles. The molecule has 0 saturated carbocycles. The van der Waals surface area contributed by atoms with Crippen molar-refractivity contribution in [2.45, 2.75) is 72.2 Å². The van der Waals surface area contributed by atoms with Crippen LogP contribution >= 0.6 is 0 Å². The third-order valence-electron chi connectivity index (χ3n) is 4.74. The van der Waals surface area contributed by atoms with E-state index < -0.39 is 11.0 Å². The van der Waals surface area contributed by atoms with Crippen molar-refractivity contribution in [3.63, 3.8) is 0 Å². The van der Waals surface area contributed by atoms with Crippen molar-refractivity contribution in [2.75, 3.05) is 6.61 Å². The average Bonchev–Trinajstić information content (AvgIpc) is 2.56. The van der Waals surface area contributed by atoms with Crippen molar-refractivity contribution in [3.05, 3.63) is 29.8 Å². The van der Waals surface area contributed by atoms with Crippen LogP contribution in [0.4, 0.5) is 0 Å². The van der Waals surface area contributed by atoms with Crippen molar-refractivity contribution < 1.29 is 19.0 Å². The molecule has 1 atom stereocenters. The topological polar surface area (TPSA) is 44.8 Å². The van der Waals surface area contributed by atoms with Gasteiger partial charge in [-0.1, -0.05) is 19.1 Å². The van der Waals surface area contributed by atoms with Crippen molar-refractivity contribution in [3.8, 4) is 5.75 Å². The van der Waals surface area contributed by atoms with Crippen molar-refractivity contribution >= 4 is 5.97 Å². The molecular weight excluding hydrogens is 304 g/mol. The van der Waals surface area contributed by atoms with Crippen LogP contribution in [0.2, 0.25) is 0 Å². The Balaban J connectivity index is 2.01. The largest absolute Gasteiger partial charge is 0.465 e. The van der Waals surface area contributed by atoms with Gasteiger partial charge in [-0.15, -0.1) is 0 Å². The molecule has 1 unspecified atom stereocenters. The van der Waals surface area contributed by atoms with E-state index >= 15 is 0 Å². The van der Waals surface area contributed by atoms with Gasteiger partial charge in [0.15, 0.2) is 6.29 Å². The molecule has 0 aromatic heterocycles. The number of ether oxygens (including phenoxy) is 3. The molecule has 4 heteroatoms. The van der Waals surface area contributed by atoms with Gasteiger partial charge in [0.25, 0.3) is 0 Å². The molecule has 0 radical (unpaired) electrons. The number of rotatable bonds is 6. The molecule has 4 nitrogen and oxygen atoms in total. The normalized spacial score (nSPS) is 19.0. The van der Waals surface area contributed by atoms with Gasteiger partial charge in [-0.05, 0) is 64.7 Å². The maximum Gasteiger partial charge on any atom is 0.312 e. The van der Waals surface area contributed by atoms with Gasteiger partial charge < -0.3 is 14.2 Å². The Morgan fingerprint density at radius 2 is 1.83 bits per heavy atom. The summed E-state index contributed by atoms with van der Waals surface area (Å²) in [6.45, 7) is 10.4. The van der Waals surface area contributed by atoms with Crippen molar-refractivity contribution in [1.29, 1.82) is 0 Å². The van der Waals surface area contributed by atoms with Crippen LogP contribution in [-0.2, 0) is 19.9 Å². The number of hydrogen-bond acceptors (Lipinski definition) is 4. The van der Waals surface area contributed by atoms with E-state index in [0.717, 1.165) is 43.6 Å². The molecule has 0 amide bonds. The van der Waals surface area contributed by atoms with Crippen LogP contribution in [0.1, 0.15) is 65.9 Å². The molecule has 1 saturated heterocycles. The van der Waals surface area contributed by atoms with E-state index in [0.29, 0.717) is 0 Å². The van der Waals surface area contributed by atoms with E-state index in [4.69, 9.17) is 14.2 Å². The van der Waals surface area contributed by atoms with Gasteiger partial charge in [-0.3, -0.25) is 4.79 Å². The van der Waals surface area contributed by atoms with Crippen molar-refractivity contribution in [1.82, 2.24) is 0 Å². The lowest BCUT2D eigenvalue weighted by Crippen LogP contribution is -2.33. The Bertz CT molecular complexity index is 539. The van der Waals surface area contributed by atoms with Gasteiger partial charge in [-0.25, -0.2) is 0 Å². The Morgan fingerprint density at radius 3 is 2.38 bits per heavy atom. The fourth-order valence-corrected chi connectivity index (χ4v) is 2.46. The number of benzene rings is 1. The molecule has 0 spiro atoms. The third-order valence-corrected chi connectivity index (χ3v) is 4.74. The summed E-state index contributed by atoms with van der Waals surface area (Å²) >= 11 is 0. The van der Waals surface area contributed by atoms with Gasteiger partial charge in [0, 0.05) is 6.42 Å². The van der Waals surface area contributed by atoms with Crippen LogP contribution in [0.3, 0.4) is 0 Å². The predicted molar refractivity (Wildman–Crippen MR) is 93.9 cm³/mol. The molecule has 0 bridgehead atoms. The summed E-state index contributed by atoms with van der Waals surface area (Å²) < 4.78 is 17.2. The number of esters is 1. The van der Waals surface area contributed by atoms with Crippen LogP contribution < -0.4 is 4.74 Å². The molecule has 1 aliphatic rings. The van der Waals surface area contributed by atoms with Crippen LogP contribution in [0.25, 0.3) is 0 Å².